The molecule has 0 aromatic heterocycles. The number of para-hydroxylation sites is 1. The second-order valence-corrected chi connectivity index (χ2v) is 25.3. The van der Waals surface area contributed by atoms with Gasteiger partial charge in [-0.15, -0.1) is 0 Å². The van der Waals surface area contributed by atoms with Crippen molar-refractivity contribution in [2.24, 2.45) is 0 Å². The van der Waals surface area contributed by atoms with E-state index in [-0.39, 0.29) is 49.4 Å². The molecular weight excluding hydrogens is 1120 g/mol. The number of nitro benzene ring substituents is 1. The molecule has 1 N–H and O–H groups in total. The average molecular weight is 1220 g/mol. The number of carbonyl (C=O) groups excluding carboxylic acids is 1. The van der Waals surface area contributed by atoms with Gasteiger partial charge in [-0.3, -0.25) is 14.9 Å². The van der Waals surface area contributed by atoms with E-state index in [2.05, 4.69) is 121 Å². The summed E-state index contributed by atoms with van der Waals surface area (Å²) >= 11 is 0. The van der Waals surface area contributed by atoms with E-state index in [9.17, 15) is 14.9 Å². The third-order valence-corrected chi connectivity index (χ3v) is 18.5. The van der Waals surface area contributed by atoms with E-state index < -0.39 is 42.9 Å². The van der Waals surface area contributed by atoms with Gasteiger partial charge in [-0.1, -0.05) is 18.6 Å². The number of amides is 1. The first kappa shape index (κ1) is 75.3. The van der Waals surface area contributed by atoms with Crippen LogP contribution in [0.15, 0.2) is 24.3 Å². The van der Waals surface area contributed by atoms with Gasteiger partial charge in [0.2, 0.25) is 5.91 Å². The van der Waals surface area contributed by atoms with Gasteiger partial charge in [0.05, 0.1) is 127 Å². The molecule has 0 saturated carbocycles. The molecule has 1 aromatic carbocycles. The molecule has 82 heavy (non-hydrogen) atoms. The van der Waals surface area contributed by atoms with Gasteiger partial charge in [0.1, 0.15) is 6.10 Å². The van der Waals surface area contributed by atoms with Crippen LogP contribution in [-0.2, 0) is 60.4 Å². The highest BCUT2D eigenvalue weighted by Gasteiger charge is 2.33. The zero-order valence-corrected chi connectivity index (χ0v) is 53.8. The number of nitro groups is 1. The molecule has 3 aliphatic rings. The lowest BCUT2D eigenvalue weighted by Gasteiger charge is -2.35. The van der Waals surface area contributed by atoms with Crippen LogP contribution in [0, 0.1) is 44.1 Å². The molecule has 1 aromatic rings. The third kappa shape index (κ3) is 31.6. The quantitative estimate of drug-likeness (QED) is 0.0277. The molecule has 3 fully saturated rings. The van der Waals surface area contributed by atoms with Crippen molar-refractivity contribution in [3.05, 3.63) is 39.9 Å². The normalized spacial score (nSPS) is 17.8. The van der Waals surface area contributed by atoms with E-state index in [0.29, 0.717) is 128 Å². The van der Waals surface area contributed by atoms with Crippen LogP contribution >= 0.6 is 25.6 Å². The van der Waals surface area contributed by atoms with Crippen LogP contribution in [0.1, 0.15) is 172 Å². The second kappa shape index (κ2) is 45.6. The molecule has 5 atom stereocenters. The van der Waals surface area contributed by atoms with E-state index in [1.54, 1.807) is 18.2 Å². The Labute approximate surface area is 494 Å². The van der Waals surface area contributed by atoms with E-state index in [0.717, 1.165) is 44.9 Å². The van der Waals surface area contributed by atoms with Crippen LogP contribution < -0.4 is 5.32 Å². The number of nitrogens with zero attached hydrogens (tertiary/aromatic N) is 7. The van der Waals surface area contributed by atoms with E-state index in [1.807, 2.05) is 0 Å². The van der Waals surface area contributed by atoms with E-state index >= 15 is 0 Å². The first-order valence-electron chi connectivity index (χ1n) is 29.2. The summed E-state index contributed by atoms with van der Waals surface area (Å²) in [5.41, 5.74) is 0.458. The summed E-state index contributed by atoms with van der Waals surface area (Å²) in [6, 6.07) is 14.6. The lowest BCUT2D eigenvalue weighted by molar-refractivity contribution is -0.386. The molecule has 5 unspecified atom stereocenters. The molecule has 3 saturated heterocycles. The summed E-state index contributed by atoms with van der Waals surface area (Å²) in [5, 5.41) is 40.2. The molecule has 1 amide bonds. The monoisotopic (exact) mass is 1220 g/mol. The number of nitrogens with one attached hydrogen (secondary N) is 1. The number of benzene rings is 1. The highest BCUT2D eigenvalue weighted by Crippen LogP contribution is 2.48. The van der Waals surface area contributed by atoms with Crippen LogP contribution in [0.25, 0.3) is 0 Å². The van der Waals surface area contributed by atoms with Gasteiger partial charge in [0.15, 0.2) is 18.9 Å². The Morgan fingerprint density at radius 1 is 0.573 bits per heavy atom. The summed E-state index contributed by atoms with van der Waals surface area (Å²) in [4.78, 5) is 23.0. The SMILES string of the molecule is CC(C)N(C(C)C)P(OCCC#N)OCCCC1OCCO1.CC(C)N(C(C)C)P(OCCC#N)OCCCCC1OCCO1.CC(C)N(C(C)C)P(OCCC#N)OCCCCCC(=O)NCC1OCC(c2ccccc2[N+](=O)[O-])O1. The number of nitriles is 3. The Balaban J connectivity index is 0.000000443. The zero-order valence-electron chi connectivity index (χ0n) is 51.1. The van der Waals surface area contributed by atoms with Crippen molar-refractivity contribution in [3.63, 3.8) is 0 Å². The summed E-state index contributed by atoms with van der Waals surface area (Å²) in [6.45, 7) is 31.6. The number of ether oxygens (including phenoxy) is 6. The van der Waals surface area contributed by atoms with Crippen molar-refractivity contribution in [2.45, 2.75) is 221 Å². The minimum Gasteiger partial charge on any atom is -0.351 e. The lowest BCUT2D eigenvalue weighted by Crippen LogP contribution is -2.33. The van der Waals surface area contributed by atoms with Crippen molar-refractivity contribution in [3.8, 4) is 18.2 Å². The maximum absolute atomic E-state index is 12.2. The Kier molecular flexibility index (Phi) is 41.9. The van der Waals surface area contributed by atoms with Crippen molar-refractivity contribution >= 4 is 37.2 Å². The molecule has 23 nitrogen and oxygen atoms in total. The minimum atomic E-state index is -1.25. The summed E-state index contributed by atoms with van der Waals surface area (Å²) < 4.78 is 75.3. The third-order valence-electron chi connectivity index (χ3n) is 12.1. The maximum atomic E-state index is 12.2. The van der Waals surface area contributed by atoms with E-state index in [4.69, 9.17) is 71.3 Å². The predicted octanol–water partition coefficient (Wildman–Crippen LogP) is 12.2. The van der Waals surface area contributed by atoms with Gasteiger partial charge >= 0.3 is 0 Å². The number of carbonyl (C=O) groups is 1. The Bertz CT molecular complexity index is 1950. The van der Waals surface area contributed by atoms with Gasteiger partial charge in [-0.05, 0) is 128 Å². The van der Waals surface area contributed by atoms with Crippen LogP contribution in [-0.4, -0.2) is 159 Å². The molecular formula is C56H99N8O15P3. The fourth-order valence-corrected chi connectivity index (χ4v) is 13.6. The fraction of sp³-hybridized carbons (Fsp3) is 0.821. The first-order valence-corrected chi connectivity index (χ1v) is 32.6. The molecule has 0 radical (unpaired) electrons. The van der Waals surface area contributed by atoms with Crippen LogP contribution in [0.3, 0.4) is 0 Å². The Morgan fingerprint density at radius 3 is 1.38 bits per heavy atom. The van der Waals surface area contributed by atoms with Crippen molar-refractivity contribution in [1.29, 1.82) is 15.8 Å². The molecule has 468 valence electrons. The second-order valence-electron chi connectivity index (χ2n) is 20.9. The highest BCUT2D eigenvalue weighted by atomic mass is 31.2. The fourth-order valence-electron chi connectivity index (χ4n) is 8.68. The first-order chi connectivity index (χ1) is 39.4. The van der Waals surface area contributed by atoms with Gasteiger partial charge in [-0.2, -0.15) is 15.8 Å². The number of hydrogen-bond donors (Lipinski definition) is 1. The molecule has 0 bridgehead atoms. The molecule has 26 heteroatoms. The largest absolute Gasteiger partial charge is 0.351 e. The highest BCUT2D eigenvalue weighted by molar-refractivity contribution is 7.45. The van der Waals surface area contributed by atoms with Crippen LogP contribution in [0.4, 0.5) is 5.69 Å². The molecule has 0 spiro atoms. The smallest absolute Gasteiger partial charge is 0.275 e. The zero-order chi connectivity index (χ0) is 60.7. The van der Waals surface area contributed by atoms with Crippen molar-refractivity contribution in [1.82, 2.24) is 19.3 Å². The van der Waals surface area contributed by atoms with Gasteiger partial charge in [0, 0.05) is 55.2 Å². The van der Waals surface area contributed by atoms with Crippen LogP contribution in [0.5, 0.6) is 0 Å². The summed E-state index contributed by atoms with van der Waals surface area (Å²) in [6.07, 6.45) is 7.09. The molecule has 0 aliphatic carbocycles. The molecule has 3 heterocycles. The predicted molar refractivity (Wildman–Crippen MR) is 316 cm³/mol. The van der Waals surface area contributed by atoms with Gasteiger partial charge in [0.25, 0.3) is 31.3 Å². The van der Waals surface area contributed by atoms with Gasteiger partial charge in [-0.25, -0.2) is 14.0 Å². The standard InChI is InChI=1S/C25H39N4O7P.C16H31N2O4P.C15H29N2O4P/c1-19(2)28(20(3)4)37(35-16-10-14-26)34-15-9-5-6-13-24(30)27-17-25-33-18-23(36-25)21-11-7-8-12-22(21)29(31)32;1-14(2)18(15(3)4)23(22-11-7-9-17)21-10-6-5-8-16-19-12-13-20-16;1-13(2)17(14(3)4)22(21-10-6-8-16)20-9-5-7-15-18-11-12-19-15/h7-8,11-12,19-20,23,25H,5-6,9-10,13,15-18H2,1-4H3,(H,27,30);14-16H,5-8,10-13H2,1-4H3;13-15H,5-7,9-12H2,1-4H3. The van der Waals surface area contributed by atoms with E-state index in [1.165, 1.54) is 6.07 Å². The van der Waals surface area contributed by atoms with Crippen molar-refractivity contribution in [2.75, 3.05) is 79.2 Å². The number of rotatable bonds is 40. The lowest BCUT2D eigenvalue weighted by atomic mass is 10.1. The average Bonchev–Trinajstić information content (AvgIpc) is 4.33. The summed E-state index contributed by atoms with van der Waals surface area (Å²) in [7, 11) is -3.51. The number of unbranched alkanes of at least 4 members (excludes halogenated alkanes) is 3. The topological polar surface area (TPSA) is 264 Å². The van der Waals surface area contributed by atoms with Crippen LogP contribution in [0.2, 0.25) is 0 Å². The van der Waals surface area contributed by atoms with Crippen molar-refractivity contribution < 1.29 is 65.3 Å². The maximum Gasteiger partial charge on any atom is 0.275 e. The molecule has 3 aliphatic heterocycles. The Morgan fingerprint density at radius 2 is 0.963 bits per heavy atom. The summed E-state index contributed by atoms with van der Waals surface area (Å²) in [5.74, 6) is -0.102. The van der Waals surface area contributed by atoms with Gasteiger partial charge < -0.3 is 60.9 Å². The number of hydrogen-bond acceptors (Lipinski definition) is 21. The minimum absolute atomic E-state index is 0.00724. The Hall–Kier alpha value is -2.75. The molecule has 4 rings (SSSR count).